The first-order valence-corrected chi connectivity index (χ1v) is 5.24. The number of carboxylic acids is 1. The van der Waals surface area contributed by atoms with Crippen molar-refractivity contribution in [2.45, 2.75) is 39.7 Å². The van der Waals surface area contributed by atoms with Crippen LogP contribution in [0.5, 0.6) is 0 Å². The van der Waals surface area contributed by atoms with Crippen LogP contribution in [0.25, 0.3) is 0 Å². The predicted octanol–water partition coefficient (Wildman–Crippen LogP) is 0.890. The molecule has 0 unspecified atom stereocenters. The van der Waals surface area contributed by atoms with Crippen LogP contribution in [0.15, 0.2) is 16.1 Å². The Bertz CT molecular complexity index is 310. The van der Waals surface area contributed by atoms with Gasteiger partial charge >= 0.3 is 5.97 Å². The van der Waals surface area contributed by atoms with Gasteiger partial charge in [0.1, 0.15) is 6.04 Å². The summed E-state index contributed by atoms with van der Waals surface area (Å²) < 4.78 is 0. The van der Waals surface area contributed by atoms with E-state index in [4.69, 9.17) is 16.6 Å². The first-order chi connectivity index (χ1) is 7.34. The van der Waals surface area contributed by atoms with Crippen LogP contribution in [-0.4, -0.2) is 29.5 Å². The Morgan fingerprint density at radius 1 is 1.29 bits per heavy atom. The molecule has 0 bridgehead atoms. The predicted molar refractivity (Wildman–Crippen MR) is 65.4 cm³/mol. The molecule has 0 fully saturated rings. The molecule has 1 radical (unpaired) electrons. The molecule has 0 spiro atoms. The molecule has 0 aliphatic carbocycles. The maximum Gasteiger partial charge on any atom is 0.320 e. The summed E-state index contributed by atoms with van der Waals surface area (Å²) in [7, 11) is 0. The normalized spacial score (nSPS) is 14.7. The van der Waals surface area contributed by atoms with Gasteiger partial charge in [0.15, 0.2) is 0 Å². The second-order valence-corrected chi connectivity index (χ2v) is 4.00. The number of nitrogens with zero attached hydrogens (tertiary/aromatic N) is 1. The van der Waals surface area contributed by atoms with Crippen molar-refractivity contribution in [1.82, 2.24) is 0 Å². The zero-order chi connectivity index (χ0) is 12.7. The van der Waals surface area contributed by atoms with Gasteiger partial charge in [-0.25, -0.2) is 0 Å². The molecule has 0 saturated carbocycles. The van der Waals surface area contributed by atoms with E-state index in [2.05, 4.69) is 4.99 Å². The van der Waals surface area contributed by atoms with Crippen LogP contribution in [0.2, 0.25) is 0 Å². The molecule has 1 atom stereocenters. The smallest absolute Gasteiger partial charge is 0.320 e. The molecule has 0 amide bonds. The first kappa shape index (κ1) is 18.6. The molecule has 0 aliphatic heterocycles. The molecular formula is C11H21N3O2V. The third kappa shape index (κ3) is 8.97. The summed E-state index contributed by atoms with van der Waals surface area (Å²) in [5.74, 6) is -0.407. The molecule has 5 N–H and O–H groups in total. The molecule has 17 heavy (non-hydrogen) atoms. The Morgan fingerprint density at radius 2 is 1.82 bits per heavy atom. The van der Waals surface area contributed by atoms with Crippen LogP contribution in [0.3, 0.4) is 0 Å². The molecule has 0 heterocycles. The van der Waals surface area contributed by atoms with Crippen LogP contribution < -0.4 is 11.5 Å². The van der Waals surface area contributed by atoms with E-state index < -0.39 is 12.0 Å². The molecule has 0 aromatic heterocycles. The van der Waals surface area contributed by atoms with E-state index in [0.29, 0.717) is 25.2 Å². The van der Waals surface area contributed by atoms with Gasteiger partial charge in [0, 0.05) is 18.6 Å². The molecule has 0 saturated heterocycles. The number of nitrogens with two attached hydrogens (primary N) is 2. The zero-order valence-corrected chi connectivity index (χ0v) is 12.0. The number of carbonyl (C=O) groups is 1. The van der Waals surface area contributed by atoms with Gasteiger partial charge < -0.3 is 16.6 Å². The van der Waals surface area contributed by atoms with Crippen LogP contribution in [-0.2, 0) is 23.4 Å². The van der Waals surface area contributed by atoms with Gasteiger partial charge in [-0.1, -0.05) is 11.1 Å². The van der Waals surface area contributed by atoms with Crippen molar-refractivity contribution in [2.24, 2.45) is 16.5 Å². The van der Waals surface area contributed by atoms with E-state index in [1.807, 2.05) is 13.8 Å². The third-order valence-electron chi connectivity index (χ3n) is 2.44. The average Bonchev–Trinajstić information content (AvgIpc) is 2.21. The van der Waals surface area contributed by atoms with Crippen LogP contribution in [0.4, 0.5) is 0 Å². The van der Waals surface area contributed by atoms with Crippen molar-refractivity contribution in [2.75, 3.05) is 6.54 Å². The number of aliphatic carboxylic acids is 1. The van der Waals surface area contributed by atoms with Gasteiger partial charge in [-0.3, -0.25) is 9.79 Å². The van der Waals surface area contributed by atoms with E-state index in [1.165, 1.54) is 0 Å². The van der Waals surface area contributed by atoms with Crippen molar-refractivity contribution in [3.63, 3.8) is 0 Å². The van der Waals surface area contributed by atoms with E-state index in [-0.39, 0.29) is 18.6 Å². The number of aliphatic imine (C=N–C) groups is 1. The largest absolute Gasteiger partial charge is 0.480 e. The van der Waals surface area contributed by atoms with E-state index in [0.717, 1.165) is 11.1 Å². The fourth-order valence-electron chi connectivity index (χ4n) is 1.09. The fourth-order valence-corrected chi connectivity index (χ4v) is 1.09. The Balaban J connectivity index is 0. The van der Waals surface area contributed by atoms with E-state index >= 15 is 0 Å². The number of hydrogen-bond donors (Lipinski definition) is 3. The van der Waals surface area contributed by atoms with Crippen molar-refractivity contribution >= 4 is 11.8 Å². The number of rotatable bonds is 6. The Hall–Kier alpha value is -0.776. The second kappa shape index (κ2) is 9.27. The quantitative estimate of drug-likeness (QED) is 0.381. The maximum absolute atomic E-state index is 10.5. The van der Waals surface area contributed by atoms with Gasteiger partial charge in [0.2, 0.25) is 0 Å². The van der Waals surface area contributed by atoms with Gasteiger partial charge in [-0.2, -0.15) is 0 Å². The molecule has 0 aromatic rings. The second-order valence-electron chi connectivity index (χ2n) is 4.00. The summed E-state index contributed by atoms with van der Waals surface area (Å²) >= 11 is 0. The van der Waals surface area contributed by atoms with Crippen molar-refractivity contribution in [3.05, 3.63) is 11.1 Å². The summed E-state index contributed by atoms with van der Waals surface area (Å²) in [5.41, 5.74) is 13.1. The average molecular weight is 278 g/mol. The number of amidine groups is 1. The Morgan fingerprint density at radius 3 is 2.24 bits per heavy atom. The van der Waals surface area contributed by atoms with Gasteiger partial charge in [0.25, 0.3) is 0 Å². The van der Waals surface area contributed by atoms with Crippen LogP contribution in [0.1, 0.15) is 33.6 Å². The first-order valence-electron chi connectivity index (χ1n) is 5.24. The monoisotopic (exact) mass is 278 g/mol. The molecule has 0 rings (SSSR count). The molecule has 97 valence electrons. The standard InChI is InChI=1S/C11H21N3O2.V/c1-7(4-5-10(13)11(15)16)8(2)6-14-9(3)12;/h10H,4-6,13H2,1-3H3,(H2,12,14)(H,15,16);/t10-;/m0./s1. The molecular weight excluding hydrogens is 257 g/mol. The van der Waals surface area contributed by atoms with Crippen molar-refractivity contribution in [1.29, 1.82) is 0 Å². The SMILES string of the molecule is CC(N)=NCC(C)=C(C)CC[C@H](N)C(=O)O.[V]. The maximum atomic E-state index is 10.5. The summed E-state index contributed by atoms with van der Waals surface area (Å²) in [6.45, 7) is 6.23. The minimum absolute atomic E-state index is 0. The third-order valence-corrected chi connectivity index (χ3v) is 2.44. The van der Waals surface area contributed by atoms with E-state index in [9.17, 15) is 4.79 Å². The summed E-state index contributed by atoms with van der Waals surface area (Å²) in [6, 6.07) is -0.789. The summed E-state index contributed by atoms with van der Waals surface area (Å²) in [5, 5.41) is 8.63. The van der Waals surface area contributed by atoms with Crippen molar-refractivity contribution < 1.29 is 28.5 Å². The Labute approximate surface area is 114 Å². The molecule has 5 nitrogen and oxygen atoms in total. The van der Waals surface area contributed by atoms with E-state index in [1.54, 1.807) is 6.92 Å². The zero-order valence-electron chi connectivity index (χ0n) is 10.6. The minimum atomic E-state index is -0.957. The number of hydrogen-bond acceptors (Lipinski definition) is 3. The Kier molecular flexibility index (Phi) is 10.1. The van der Waals surface area contributed by atoms with Crippen LogP contribution >= 0.6 is 0 Å². The van der Waals surface area contributed by atoms with Gasteiger partial charge in [-0.15, -0.1) is 0 Å². The number of allylic oxidation sites excluding steroid dienone is 1. The molecule has 0 aromatic carbocycles. The summed E-state index contributed by atoms with van der Waals surface area (Å²) in [6.07, 6.45) is 1.13. The van der Waals surface area contributed by atoms with Crippen molar-refractivity contribution in [3.8, 4) is 0 Å². The molecule has 6 heteroatoms. The minimum Gasteiger partial charge on any atom is -0.480 e. The topological polar surface area (TPSA) is 102 Å². The fraction of sp³-hybridized carbons (Fsp3) is 0.636. The van der Waals surface area contributed by atoms with Crippen LogP contribution in [0, 0.1) is 0 Å². The van der Waals surface area contributed by atoms with Gasteiger partial charge in [-0.05, 0) is 33.6 Å². The molecule has 0 aliphatic rings. The number of carboxylic acid groups (broad SMARTS) is 1. The van der Waals surface area contributed by atoms with Gasteiger partial charge in [0.05, 0.1) is 12.4 Å². The summed E-state index contributed by atoms with van der Waals surface area (Å²) in [4.78, 5) is 14.6.